The van der Waals surface area contributed by atoms with Crippen molar-refractivity contribution in [3.05, 3.63) is 12.1 Å². The van der Waals surface area contributed by atoms with Crippen LogP contribution in [0.4, 0.5) is 10.6 Å². The zero-order chi connectivity index (χ0) is 20.9. The third-order valence-corrected chi connectivity index (χ3v) is 6.69. The molecule has 1 saturated heterocycles. The number of amides is 2. The Kier molecular flexibility index (Phi) is 6.69. The van der Waals surface area contributed by atoms with Gasteiger partial charge in [0.2, 0.25) is 11.8 Å². The SMILES string of the molecule is CC1CCCCC1C(=O)N1CCN(c2ccc(OC(=O)NCCC3CC3)nn2)CC1. The predicted molar refractivity (Wildman–Crippen MR) is 113 cm³/mol. The summed E-state index contributed by atoms with van der Waals surface area (Å²) in [6.07, 6.45) is 7.68. The summed E-state index contributed by atoms with van der Waals surface area (Å²) >= 11 is 0. The molecule has 4 rings (SSSR count). The smallest absolute Gasteiger partial charge is 0.390 e. The summed E-state index contributed by atoms with van der Waals surface area (Å²) in [7, 11) is 0. The molecule has 2 unspecified atom stereocenters. The van der Waals surface area contributed by atoms with E-state index < -0.39 is 6.09 Å². The molecule has 0 bridgehead atoms. The maximum atomic E-state index is 12.9. The zero-order valence-corrected chi connectivity index (χ0v) is 17.9. The van der Waals surface area contributed by atoms with Crippen molar-refractivity contribution in [2.75, 3.05) is 37.6 Å². The average molecular weight is 416 g/mol. The summed E-state index contributed by atoms with van der Waals surface area (Å²) in [6, 6.07) is 3.49. The largest absolute Gasteiger partial charge is 0.413 e. The van der Waals surface area contributed by atoms with Gasteiger partial charge in [0.05, 0.1) is 0 Å². The lowest BCUT2D eigenvalue weighted by Crippen LogP contribution is -2.51. The van der Waals surface area contributed by atoms with Gasteiger partial charge in [0, 0.05) is 44.7 Å². The van der Waals surface area contributed by atoms with Crippen molar-refractivity contribution in [1.82, 2.24) is 20.4 Å². The maximum Gasteiger partial charge on any atom is 0.413 e. The lowest BCUT2D eigenvalue weighted by Gasteiger charge is -2.38. The number of hydrogen-bond acceptors (Lipinski definition) is 6. The van der Waals surface area contributed by atoms with Crippen LogP contribution in [0.25, 0.3) is 0 Å². The highest BCUT2D eigenvalue weighted by molar-refractivity contribution is 5.79. The minimum absolute atomic E-state index is 0.192. The van der Waals surface area contributed by atoms with Gasteiger partial charge in [-0.15, -0.1) is 10.2 Å². The first-order chi connectivity index (χ1) is 14.6. The number of piperazine rings is 1. The normalized spacial score (nSPS) is 24.4. The molecule has 0 radical (unpaired) electrons. The molecule has 1 aliphatic heterocycles. The molecule has 0 spiro atoms. The fraction of sp³-hybridized carbons (Fsp3) is 0.727. The summed E-state index contributed by atoms with van der Waals surface area (Å²) in [4.78, 5) is 28.8. The zero-order valence-electron chi connectivity index (χ0n) is 17.9. The number of hydrogen-bond donors (Lipinski definition) is 1. The summed E-state index contributed by atoms with van der Waals surface area (Å²) in [5.41, 5.74) is 0. The van der Waals surface area contributed by atoms with E-state index in [4.69, 9.17) is 4.74 Å². The molecule has 3 fully saturated rings. The molecule has 0 aromatic carbocycles. The van der Waals surface area contributed by atoms with Crippen molar-refractivity contribution in [3.8, 4) is 5.88 Å². The van der Waals surface area contributed by atoms with Gasteiger partial charge in [-0.25, -0.2) is 4.79 Å². The fourth-order valence-corrected chi connectivity index (χ4v) is 4.53. The lowest BCUT2D eigenvalue weighted by molar-refractivity contribution is -0.138. The Balaban J connectivity index is 1.22. The van der Waals surface area contributed by atoms with E-state index in [1.54, 1.807) is 6.07 Å². The highest BCUT2D eigenvalue weighted by Gasteiger charge is 2.32. The molecule has 164 valence electrons. The van der Waals surface area contributed by atoms with Gasteiger partial charge in [-0.2, -0.15) is 0 Å². The van der Waals surface area contributed by atoms with Gasteiger partial charge in [0.1, 0.15) is 0 Å². The summed E-state index contributed by atoms with van der Waals surface area (Å²) in [5, 5.41) is 11.0. The standard InChI is InChI=1S/C22H33N5O3/c1-16-4-2-3-5-18(16)21(28)27-14-12-26(13-15-27)19-8-9-20(25-24-19)30-22(29)23-11-10-17-6-7-17/h8-9,16-18H,2-7,10-15H2,1H3,(H,23,29). The number of ether oxygens (including phenoxy) is 1. The Bertz CT molecular complexity index is 729. The van der Waals surface area contributed by atoms with Crippen LogP contribution in [-0.4, -0.2) is 59.8 Å². The minimum Gasteiger partial charge on any atom is -0.390 e. The van der Waals surface area contributed by atoms with Gasteiger partial charge in [0.25, 0.3) is 0 Å². The molecule has 1 aromatic rings. The van der Waals surface area contributed by atoms with Crippen LogP contribution in [0.5, 0.6) is 5.88 Å². The van der Waals surface area contributed by atoms with Gasteiger partial charge < -0.3 is 19.9 Å². The van der Waals surface area contributed by atoms with Gasteiger partial charge >= 0.3 is 6.09 Å². The first kappa shape index (κ1) is 20.9. The van der Waals surface area contributed by atoms with Crippen molar-refractivity contribution in [2.24, 2.45) is 17.8 Å². The first-order valence-corrected chi connectivity index (χ1v) is 11.4. The van der Waals surface area contributed by atoms with Crippen LogP contribution in [0.15, 0.2) is 12.1 Å². The molecule has 2 atom stereocenters. The van der Waals surface area contributed by atoms with Crippen molar-refractivity contribution in [1.29, 1.82) is 0 Å². The van der Waals surface area contributed by atoms with Gasteiger partial charge in [-0.3, -0.25) is 4.79 Å². The van der Waals surface area contributed by atoms with E-state index in [0.29, 0.717) is 31.5 Å². The number of aromatic nitrogens is 2. The van der Waals surface area contributed by atoms with Crippen LogP contribution in [0, 0.1) is 17.8 Å². The van der Waals surface area contributed by atoms with Gasteiger partial charge in [-0.05, 0) is 37.2 Å². The molecule has 2 amide bonds. The number of rotatable bonds is 6. The topological polar surface area (TPSA) is 87.7 Å². The van der Waals surface area contributed by atoms with E-state index in [2.05, 4.69) is 27.3 Å². The van der Waals surface area contributed by atoms with Crippen LogP contribution in [-0.2, 0) is 4.79 Å². The molecule has 8 heteroatoms. The van der Waals surface area contributed by atoms with Crippen molar-refractivity contribution >= 4 is 17.8 Å². The van der Waals surface area contributed by atoms with Gasteiger partial charge in [-0.1, -0.05) is 32.6 Å². The molecule has 1 aromatic heterocycles. The summed E-state index contributed by atoms with van der Waals surface area (Å²) in [5.74, 6) is 2.72. The van der Waals surface area contributed by atoms with Crippen LogP contribution in [0.2, 0.25) is 0 Å². The highest BCUT2D eigenvalue weighted by Crippen LogP contribution is 2.32. The van der Waals surface area contributed by atoms with Crippen LogP contribution in [0.3, 0.4) is 0 Å². The molecule has 2 heterocycles. The molecule has 2 saturated carbocycles. The molecular formula is C22H33N5O3. The third-order valence-electron chi connectivity index (χ3n) is 6.69. The number of carbonyl (C=O) groups excluding carboxylic acids is 2. The maximum absolute atomic E-state index is 12.9. The first-order valence-electron chi connectivity index (χ1n) is 11.4. The summed E-state index contributed by atoms with van der Waals surface area (Å²) < 4.78 is 5.19. The third kappa shape index (κ3) is 5.40. The number of nitrogens with zero attached hydrogens (tertiary/aromatic N) is 4. The number of carbonyl (C=O) groups is 2. The quantitative estimate of drug-likeness (QED) is 0.769. The summed E-state index contributed by atoms with van der Waals surface area (Å²) in [6.45, 7) is 5.76. The molecule has 8 nitrogen and oxygen atoms in total. The van der Waals surface area contributed by atoms with Gasteiger partial charge in [0.15, 0.2) is 5.82 Å². The molecular weight excluding hydrogens is 382 g/mol. The number of nitrogens with one attached hydrogen (secondary N) is 1. The van der Waals surface area contributed by atoms with Crippen LogP contribution >= 0.6 is 0 Å². The highest BCUT2D eigenvalue weighted by atomic mass is 16.6. The van der Waals surface area contributed by atoms with E-state index in [1.807, 2.05) is 11.0 Å². The van der Waals surface area contributed by atoms with Crippen molar-refractivity contribution in [3.63, 3.8) is 0 Å². The van der Waals surface area contributed by atoms with E-state index in [-0.39, 0.29) is 11.8 Å². The number of anilines is 1. The Hall–Kier alpha value is -2.38. The Morgan fingerprint density at radius 1 is 1.07 bits per heavy atom. The minimum atomic E-state index is -0.484. The monoisotopic (exact) mass is 415 g/mol. The Morgan fingerprint density at radius 3 is 2.50 bits per heavy atom. The van der Waals surface area contributed by atoms with E-state index in [9.17, 15) is 9.59 Å². The van der Waals surface area contributed by atoms with Crippen LogP contribution < -0.4 is 15.0 Å². The van der Waals surface area contributed by atoms with E-state index in [0.717, 1.165) is 37.7 Å². The molecule has 2 aliphatic carbocycles. The average Bonchev–Trinajstić information content (AvgIpc) is 3.59. The lowest BCUT2D eigenvalue weighted by atomic mass is 9.79. The van der Waals surface area contributed by atoms with Crippen molar-refractivity contribution in [2.45, 2.75) is 51.9 Å². The van der Waals surface area contributed by atoms with E-state index in [1.165, 1.54) is 32.1 Å². The Morgan fingerprint density at radius 2 is 1.83 bits per heavy atom. The second-order valence-corrected chi connectivity index (χ2v) is 8.96. The molecule has 30 heavy (non-hydrogen) atoms. The molecule has 3 aliphatic rings. The Labute approximate surface area is 178 Å². The second-order valence-electron chi connectivity index (χ2n) is 8.96. The van der Waals surface area contributed by atoms with E-state index >= 15 is 0 Å². The van der Waals surface area contributed by atoms with Crippen LogP contribution in [0.1, 0.15) is 51.9 Å². The molecule has 1 N–H and O–H groups in total. The predicted octanol–water partition coefficient (Wildman–Crippen LogP) is 2.84. The fourth-order valence-electron chi connectivity index (χ4n) is 4.53. The second kappa shape index (κ2) is 9.62. The van der Waals surface area contributed by atoms with Crippen molar-refractivity contribution < 1.29 is 14.3 Å².